The number of alkyl halides is 8. The van der Waals surface area contributed by atoms with Gasteiger partial charge in [0.05, 0.1) is 33.4 Å². The van der Waals surface area contributed by atoms with Gasteiger partial charge in [0.2, 0.25) is 0 Å². The summed E-state index contributed by atoms with van der Waals surface area (Å²) in [5.41, 5.74) is -21.2. The van der Waals surface area contributed by atoms with Crippen LogP contribution in [0.3, 0.4) is 0 Å². The van der Waals surface area contributed by atoms with Crippen molar-refractivity contribution in [1.82, 2.24) is 0 Å². The average Bonchev–Trinajstić information content (AvgIpc) is 2.70. The molecule has 0 unspecified atom stereocenters. The molecule has 0 heterocycles. The quantitative estimate of drug-likeness (QED) is 0.120. The van der Waals surface area contributed by atoms with E-state index in [2.05, 4.69) is 0 Å². The summed E-state index contributed by atoms with van der Waals surface area (Å²) in [5.74, 6) is -51.6. The molecule has 39 heavy (non-hydrogen) atoms. The second-order valence-corrected chi connectivity index (χ2v) is 7.06. The summed E-state index contributed by atoms with van der Waals surface area (Å²) in [6.45, 7) is 0. The van der Waals surface area contributed by atoms with Crippen molar-refractivity contribution in [3.8, 4) is 0 Å². The van der Waals surface area contributed by atoms with Gasteiger partial charge >= 0.3 is 23.7 Å². The van der Waals surface area contributed by atoms with Gasteiger partial charge in [0, 0.05) is 0 Å². The first-order valence-corrected chi connectivity index (χ1v) is 8.27. The van der Waals surface area contributed by atoms with Crippen molar-refractivity contribution in [2.24, 2.45) is 0 Å². The highest BCUT2D eigenvalue weighted by Crippen LogP contribution is 2.68. The standard InChI is InChI=1S/C18F16.4FH.H2S/c19-5-1-2(6(20)10(24)9(5)23)16(29,30)14-13(15(1,27)28)17(31,32)3-4(18(14,33)34)8(22)12(26)11(25)7(3)21;;;;;/h;4*1H;1H2. The van der Waals surface area contributed by atoms with Crippen LogP contribution >= 0.6 is 13.5 Å². The molecule has 0 radical (unpaired) electrons. The van der Waals surface area contributed by atoms with Crippen LogP contribution < -0.4 is 0 Å². The van der Waals surface area contributed by atoms with Gasteiger partial charge in [0.25, 0.3) is 0 Å². The first kappa shape index (κ1) is 38.3. The molecule has 224 valence electrons. The third-order valence-corrected chi connectivity index (χ3v) is 5.30. The Hall–Kier alpha value is -2.87. The van der Waals surface area contributed by atoms with E-state index in [0.717, 1.165) is 0 Å². The summed E-state index contributed by atoms with van der Waals surface area (Å²) >= 11 is 0. The molecule has 2 aliphatic rings. The SMILES string of the molecule is F.F.F.F.Fc1c(F)c(F)c2c(c1F)C(F)(F)C1=C(C2(F)F)C(F)(F)c2c(F)c(F)c(F)c(F)c2C1(F)F.S. The maximum absolute atomic E-state index is 14.9. The van der Waals surface area contributed by atoms with Gasteiger partial charge in [-0.3, -0.25) is 18.8 Å². The van der Waals surface area contributed by atoms with Crippen molar-refractivity contribution in [2.45, 2.75) is 23.7 Å². The first-order valence-electron chi connectivity index (χ1n) is 8.27. The third-order valence-electron chi connectivity index (χ3n) is 5.30. The Morgan fingerprint density at radius 2 is 0.410 bits per heavy atom. The number of hydrogen-bond donors (Lipinski definition) is 0. The van der Waals surface area contributed by atoms with E-state index in [0.29, 0.717) is 0 Å². The Bertz CT molecular complexity index is 1140. The predicted molar refractivity (Wildman–Crippen MR) is 95.5 cm³/mol. The van der Waals surface area contributed by atoms with Gasteiger partial charge in [-0.25, -0.2) is 35.1 Å². The van der Waals surface area contributed by atoms with E-state index in [1.165, 1.54) is 0 Å². The van der Waals surface area contributed by atoms with Gasteiger partial charge in [0.15, 0.2) is 46.5 Å². The lowest BCUT2D eigenvalue weighted by Gasteiger charge is -2.44. The van der Waals surface area contributed by atoms with Gasteiger partial charge in [-0.2, -0.15) is 48.6 Å². The van der Waals surface area contributed by atoms with Crippen LogP contribution in [-0.4, -0.2) is 0 Å². The van der Waals surface area contributed by atoms with E-state index in [1.807, 2.05) is 0 Å². The zero-order valence-corrected chi connectivity index (χ0v) is 18.2. The molecule has 0 bridgehead atoms. The molecule has 4 rings (SSSR count). The van der Waals surface area contributed by atoms with Crippen LogP contribution in [-0.2, 0) is 23.7 Å². The summed E-state index contributed by atoms with van der Waals surface area (Å²) in [7, 11) is 0. The van der Waals surface area contributed by atoms with Crippen molar-refractivity contribution < 1.29 is 89.1 Å². The first-order chi connectivity index (χ1) is 15.3. The topological polar surface area (TPSA) is 0 Å². The molecule has 2 aliphatic carbocycles. The number of rotatable bonds is 0. The summed E-state index contributed by atoms with van der Waals surface area (Å²) in [6.07, 6.45) is 0. The zero-order chi connectivity index (χ0) is 26.1. The molecule has 0 aromatic heterocycles. The summed E-state index contributed by atoms with van der Waals surface area (Å²) in [5, 5.41) is 0. The monoisotopic (exact) mass is 634 g/mol. The van der Waals surface area contributed by atoms with Crippen LogP contribution in [0.15, 0.2) is 11.1 Å². The molecule has 0 saturated heterocycles. The van der Waals surface area contributed by atoms with Gasteiger partial charge in [-0.05, 0) is 0 Å². The van der Waals surface area contributed by atoms with Crippen molar-refractivity contribution in [1.29, 1.82) is 0 Å². The third kappa shape index (κ3) is 4.09. The van der Waals surface area contributed by atoms with E-state index in [4.69, 9.17) is 0 Å². The Morgan fingerprint density at radius 1 is 0.282 bits per heavy atom. The van der Waals surface area contributed by atoms with Crippen molar-refractivity contribution in [3.05, 3.63) is 79.9 Å². The maximum Gasteiger partial charge on any atom is 0.304 e. The minimum atomic E-state index is -6.27. The second kappa shape index (κ2) is 10.3. The van der Waals surface area contributed by atoms with Crippen LogP contribution in [0.2, 0.25) is 0 Å². The lowest BCUT2D eigenvalue weighted by molar-refractivity contribution is -0.124. The molecule has 0 atom stereocenters. The molecule has 2 aromatic carbocycles. The lowest BCUT2D eigenvalue weighted by Crippen LogP contribution is -2.50. The van der Waals surface area contributed by atoms with E-state index in [9.17, 15) is 70.2 Å². The fourth-order valence-electron chi connectivity index (χ4n) is 3.96. The van der Waals surface area contributed by atoms with Gasteiger partial charge in [-0.15, -0.1) is 0 Å². The molecule has 0 fully saturated rings. The number of hydrogen-bond acceptors (Lipinski definition) is 0. The predicted octanol–water partition coefficient (Wildman–Crippen LogP) is 7.91. The normalized spacial score (nSPS) is 18.5. The molecule has 2 aromatic rings. The second-order valence-electron chi connectivity index (χ2n) is 7.06. The Kier molecular flexibility index (Phi) is 10.1. The van der Waals surface area contributed by atoms with Gasteiger partial charge in [0.1, 0.15) is 0 Å². The summed E-state index contributed by atoms with van der Waals surface area (Å²) < 4.78 is 229. The number of fused-ring (bicyclic) bond motifs is 2. The highest BCUT2D eigenvalue weighted by atomic mass is 32.1. The molecule has 0 N–H and O–H groups in total. The molecule has 0 spiro atoms. The molecule has 0 saturated carbocycles. The van der Waals surface area contributed by atoms with Gasteiger partial charge in [-0.1, -0.05) is 0 Å². The molecule has 0 nitrogen and oxygen atoms in total. The Balaban J connectivity index is 0. The highest BCUT2D eigenvalue weighted by Gasteiger charge is 2.74. The summed E-state index contributed by atoms with van der Waals surface area (Å²) in [6, 6.07) is 0. The maximum atomic E-state index is 14.9. The van der Waals surface area contributed by atoms with Crippen molar-refractivity contribution in [3.63, 3.8) is 0 Å². The fourth-order valence-corrected chi connectivity index (χ4v) is 3.96. The average molecular weight is 634 g/mol. The minimum absolute atomic E-state index is 0. The molecule has 0 amide bonds. The van der Waals surface area contributed by atoms with E-state index in [1.54, 1.807) is 0 Å². The van der Waals surface area contributed by atoms with E-state index < -0.39 is 104 Å². The molecular weight excluding hydrogens is 628 g/mol. The highest BCUT2D eigenvalue weighted by molar-refractivity contribution is 7.59. The van der Waals surface area contributed by atoms with Crippen LogP contribution in [0, 0.1) is 46.5 Å². The number of allylic oxidation sites excluding steroid dienone is 2. The van der Waals surface area contributed by atoms with E-state index in [-0.39, 0.29) is 32.3 Å². The van der Waals surface area contributed by atoms with Crippen molar-refractivity contribution >= 4 is 13.5 Å². The van der Waals surface area contributed by atoms with Crippen LogP contribution in [0.1, 0.15) is 22.3 Å². The smallest absolute Gasteiger partial charge is 0.269 e. The van der Waals surface area contributed by atoms with Gasteiger partial charge < -0.3 is 0 Å². The Morgan fingerprint density at radius 3 is 0.538 bits per heavy atom. The molecule has 0 aliphatic heterocycles. The van der Waals surface area contributed by atoms with Crippen LogP contribution in [0.5, 0.6) is 0 Å². The minimum Gasteiger partial charge on any atom is -0.269 e. The Labute approximate surface area is 207 Å². The lowest BCUT2D eigenvalue weighted by atomic mass is 9.68. The molecular formula is C18H6F20S. The molecule has 21 heteroatoms. The fraction of sp³-hybridized carbons (Fsp3) is 0.222. The van der Waals surface area contributed by atoms with Crippen LogP contribution in [0.25, 0.3) is 0 Å². The summed E-state index contributed by atoms with van der Waals surface area (Å²) in [4.78, 5) is 0. The van der Waals surface area contributed by atoms with E-state index >= 15 is 0 Å². The number of benzene rings is 2. The number of halogens is 20. The van der Waals surface area contributed by atoms with Crippen molar-refractivity contribution in [2.75, 3.05) is 0 Å². The zero-order valence-electron chi connectivity index (χ0n) is 17.2. The van der Waals surface area contributed by atoms with Crippen LogP contribution in [0.4, 0.5) is 89.1 Å². The largest absolute Gasteiger partial charge is 0.304 e.